The molecule has 0 aliphatic heterocycles. The first-order valence-corrected chi connectivity index (χ1v) is 11.7. The van der Waals surface area contributed by atoms with Gasteiger partial charge in [0.25, 0.3) is 0 Å². The largest absolute Gasteiger partial charge is 0.325 e. The second kappa shape index (κ2) is 9.01. The molecule has 0 spiro atoms. The Morgan fingerprint density at radius 1 is 0.969 bits per heavy atom. The molecule has 0 unspecified atom stereocenters. The number of hydrogen-bond acceptors (Lipinski definition) is 4. The van der Waals surface area contributed by atoms with Crippen LogP contribution in [0.15, 0.2) is 90.1 Å². The maximum absolute atomic E-state index is 13.0. The van der Waals surface area contributed by atoms with Crippen LogP contribution in [0.3, 0.4) is 0 Å². The Hall–Kier alpha value is -3.38. The molecule has 1 aliphatic rings. The van der Waals surface area contributed by atoms with Crippen molar-refractivity contribution >= 4 is 23.4 Å². The minimum atomic E-state index is -0.336. The number of rotatable bonds is 7. The van der Waals surface area contributed by atoms with Crippen LogP contribution in [0.2, 0.25) is 0 Å². The van der Waals surface area contributed by atoms with Crippen LogP contribution in [-0.2, 0) is 4.79 Å². The second-order valence-corrected chi connectivity index (χ2v) is 9.24. The van der Waals surface area contributed by atoms with Gasteiger partial charge in [-0.15, -0.1) is 5.10 Å². The van der Waals surface area contributed by atoms with Gasteiger partial charge < -0.3 is 5.32 Å². The molecular weight excluding hydrogens is 416 g/mol. The fourth-order valence-corrected chi connectivity index (χ4v) is 4.38. The maximum Gasteiger partial charge on any atom is 0.237 e. The number of benzene rings is 3. The molecule has 6 heteroatoms. The fraction of sp³-hybridized carbons (Fsp3) is 0.192. The van der Waals surface area contributed by atoms with Crippen LogP contribution in [0.25, 0.3) is 16.8 Å². The van der Waals surface area contributed by atoms with Crippen LogP contribution in [0.5, 0.6) is 0 Å². The molecule has 1 amide bonds. The monoisotopic (exact) mass is 440 g/mol. The third-order valence-corrected chi connectivity index (χ3v) is 6.43. The van der Waals surface area contributed by atoms with Gasteiger partial charge in [-0.2, -0.15) is 0 Å². The normalized spacial score (nSPS) is 14.2. The summed E-state index contributed by atoms with van der Waals surface area (Å²) >= 11 is 1.39. The molecule has 160 valence electrons. The molecule has 1 heterocycles. The number of anilines is 1. The first kappa shape index (κ1) is 20.5. The van der Waals surface area contributed by atoms with Crippen molar-refractivity contribution in [1.29, 1.82) is 0 Å². The molecule has 0 saturated heterocycles. The Morgan fingerprint density at radius 3 is 2.34 bits per heavy atom. The fourth-order valence-electron chi connectivity index (χ4n) is 3.63. The number of nitrogens with zero attached hydrogens (tertiary/aromatic N) is 3. The van der Waals surface area contributed by atoms with Crippen molar-refractivity contribution in [2.24, 2.45) is 0 Å². The summed E-state index contributed by atoms with van der Waals surface area (Å²) in [6, 6.07) is 28.0. The third-order valence-electron chi connectivity index (χ3n) is 5.48. The van der Waals surface area contributed by atoms with Gasteiger partial charge in [0.1, 0.15) is 5.82 Å². The zero-order chi connectivity index (χ0) is 21.9. The summed E-state index contributed by atoms with van der Waals surface area (Å²) in [7, 11) is 0. The van der Waals surface area contributed by atoms with E-state index in [1.165, 1.54) is 11.8 Å². The van der Waals surface area contributed by atoms with Crippen molar-refractivity contribution in [3.05, 3.63) is 90.8 Å². The summed E-state index contributed by atoms with van der Waals surface area (Å²) in [5.74, 6) is 1.38. The van der Waals surface area contributed by atoms with Crippen LogP contribution in [0.4, 0.5) is 5.69 Å². The average Bonchev–Trinajstić information content (AvgIpc) is 3.60. The molecule has 1 atom stereocenters. The SMILES string of the molecule is C[C@H](Sc1nc(C2CC2)n(-c2ccccc2)n1)C(=O)Nc1ccccc1-c1ccccc1. The summed E-state index contributed by atoms with van der Waals surface area (Å²) in [6.45, 7) is 1.89. The van der Waals surface area contributed by atoms with E-state index in [4.69, 9.17) is 10.1 Å². The van der Waals surface area contributed by atoms with E-state index in [1.807, 2.05) is 96.5 Å². The van der Waals surface area contributed by atoms with Crippen molar-refractivity contribution in [2.75, 3.05) is 5.32 Å². The molecule has 32 heavy (non-hydrogen) atoms. The quantitative estimate of drug-likeness (QED) is 0.362. The molecule has 1 aromatic heterocycles. The summed E-state index contributed by atoms with van der Waals surface area (Å²) in [4.78, 5) is 17.8. The second-order valence-electron chi connectivity index (χ2n) is 7.94. The molecule has 1 fully saturated rings. The van der Waals surface area contributed by atoms with E-state index < -0.39 is 0 Å². The van der Waals surface area contributed by atoms with Crippen LogP contribution in [0, 0.1) is 0 Å². The predicted molar refractivity (Wildman–Crippen MR) is 129 cm³/mol. The van der Waals surface area contributed by atoms with Crippen molar-refractivity contribution in [1.82, 2.24) is 14.8 Å². The summed E-state index contributed by atoms with van der Waals surface area (Å²) < 4.78 is 1.93. The van der Waals surface area contributed by atoms with E-state index in [9.17, 15) is 4.79 Å². The van der Waals surface area contributed by atoms with E-state index in [0.29, 0.717) is 11.1 Å². The summed E-state index contributed by atoms with van der Waals surface area (Å²) in [5, 5.41) is 8.12. The molecule has 5 rings (SSSR count). The number of nitrogens with one attached hydrogen (secondary N) is 1. The lowest BCUT2D eigenvalue weighted by Gasteiger charge is -2.14. The van der Waals surface area contributed by atoms with Crippen molar-refractivity contribution in [3.8, 4) is 16.8 Å². The minimum absolute atomic E-state index is 0.0672. The van der Waals surface area contributed by atoms with E-state index in [-0.39, 0.29) is 11.2 Å². The minimum Gasteiger partial charge on any atom is -0.325 e. The molecule has 1 saturated carbocycles. The lowest BCUT2D eigenvalue weighted by Crippen LogP contribution is -2.22. The smallest absolute Gasteiger partial charge is 0.237 e. The highest BCUT2D eigenvalue weighted by Gasteiger charge is 2.31. The van der Waals surface area contributed by atoms with Crippen molar-refractivity contribution in [3.63, 3.8) is 0 Å². The van der Waals surface area contributed by atoms with Crippen LogP contribution in [0.1, 0.15) is 31.5 Å². The van der Waals surface area contributed by atoms with Crippen LogP contribution >= 0.6 is 11.8 Å². The highest BCUT2D eigenvalue weighted by atomic mass is 32.2. The van der Waals surface area contributed by atoms with Gasteiger partial charge in [-0.3, -0.25) is 4.79 Å². The van der Waals surface area contributed by atoms with Crippen LogP contribution < -0.4 is 5.32 Å². The molecule has 3 aromatic carbocycles. The van der Waals surface area contributed by atoms with Gasteiger partial charge in [0.15, 0.2) is 0 Å². The van der Waals surface area contributed by atoms with Gasteiger partial charge in [0.05, 0.1) is 10.9 Å². The summed E-state index contributed by atoms with van der Waals surface area (Å²) in [5.41, 5.74) is 3.88. The predicted octanol–water partition coefficient (Wildman–Crippen LogP) is 5.93. The lowest BCUT2D eigenvalue weighted by atomic mass is 10.0. The third kappa shape index (κ3) is 4.46. The highest BCUT2D eigenvalue weighted by molar-refractivity contribution is 8.00. The zero-order valence-electron chi connectivity index (χ0n) is 17.8. The zero-order valence-corrected chi connectivity index (χ0v) is 18.6. The molecule has 5 nitrogen and oxygen atoms in total. The number of para-hydroxylation sites is 2. The van der Waals surface area contributed by atoms with E-state index in [1.54, 1.807) is 0 Å². The summed E-state index contributed by atoms with van der Waals surface area (Å²) in [6.07, 6.45) is 2.28. The van der Waals surface area contributed by atoms with E-state index in [2.05, 4.69) is 5.32 Å². The van der Waals surface area contributed by atoms with Gasteiger partial charge in [0, 0.05) is 17.2 Å². The van der Waals surface area contributed by atoms with Gasteiger partial charge in [-0.05, 0) is 43.5 Å². The van der Waals surface area contributed by atoms with Gasteiger partial charge in [-0.25, -0.2) is 9.67 Å². The average molecular weight is 441 g/mol. The van der Waals surface area contributed by atoms with E-state index in [0.717, 1.165) is 41.2 Å². The van der Waals surface area contributed by atoms with Crippen molar-refractivity contribution < 1.29 is 4.79 Å². The lowest BCUT2D eigenvalue weighted by molar-refractivity contribution is -0.115. The van der Waals surface area contributed by atoms with Crippen LogP contribution in [-0.4, -0.2) is 25.9 Å². The topological polar surface area (TPSA) is 59.8 Å². The Kier molecular flexibility index (Phi) is 5.77. The number of carbonyl (C=O) groups is 1. The number of thioether (sulfide) groups is 1. The standard InChI is InChI=1S/C26H24N4OS/c1-18(25(31)27-23-15-9-8-14-22(23)19-10-4-2-5-11-19)32-26-28-24(20-16-17-20)30(29-26)21-12-6-3-7-13-21/h2-15,18,20H,16-17H2,1H3,(H,27,31)/t18-/m0/s1. The maximum atomic E-state index is 13.0. The molecule has 4 aromatic rings. The van der Waals surface area contributed by atoms with Gasteiger partial charge in [-0.1, -0.05) is 78.5 Å². The number of hydrogen-bond donors (Lipinski definition) is 1. The van der Waals surface area contributed by atoms with Gasteiger partial charge >= 0.3 is 0 Å². The van der Waals surface area contributed by atoms with E-state index >= 15 is 0 Å². The Labute approximate surface area is 191 Å². The molecule has 0 bridgehead atoms. The number of amides is 1. The van der Waals surface area contributed by atoms with Gasteiger partial charge in [0.2, 0.25) is 11.1 Å². The Bertz CT molecular complexity index is 1220. The first-order chi connectivity index (χ1) is 15.7. The first-order valence-electron chi connectivity index (χ1n) is 10.8. The Morgan fingerprint density at radius 2 is 1.62 bits per heavy atom. The van der Waals surface area contributed by atoms with Crippen molar-refractivity contribution in [2.45, 2.75) is 36.1 Å². The number of aromatic nitrogens is 3. The Balaban J connectivity index is 1.33. The molecule has 1 aliphatic carbocycles. The molecule has 1 N–H and O–H groups in total. The molecular formula is C26H24N4OS. The molecule has 0 radical (unpaired) electrons. The highest BCUT2D eigenvalue weighted by Crippen LogP contribution is 2.40. The number of carbonyl (C=O) groups excluding carboxylic acids is 1.